The highest BCUT2D eigenvalue weighted by molar-refractivity contribution is 5.71. The molecule has 4 heteroatoms. The van der Waals surface area contributed by atoms with E-state index < -0.39 is 5.97 Å². The van der Waals surface area contributed by atoms with Gasteiger partial charge < -0.3 is 9.84 Å². The molecule has 2 aliphatic rings. The van der Waals surface area contributed by atoms with Gasteiger partial charge >= 0.3 is 5.97 Å². The zero-order valence-corrected chi connectivity index (χ0v) is 10.1. The second-order valence-electron chi connectivity index (χ2n) is 4.93. The molecule has 2 saturated heterocycles. The van der Waals surface area contributed by atoms with Crippen LogP contribution in [0, 0.1) is 5.92 Å². The Kier molecular flexibility index (Phi) is 3.50. The summed E-state index contributed by atoms with van der Waals surface area (Å²) in [6.45, 7) is 5.59. The van der Waals surface area contributed by atoms with Gasteiger partial charge in [0.15, 0.2) is 0 Å². The summed E-state index contributed by atoms with van der Waals surface area (Å²) in [7, 11) is 0. The summed E-state index contributed by atoms with van der Waals surface area (Å²) in [5, 5.41) is 9.15. The molecule has 2 bridgehead atoms. The Morgan fingerprint density at radius 3 is 2.88 bits per heavy atom. The van der Waals surface area contributed by atoms with Gasteiger partial charge in [0, 0.05) is 24.7 Å². The fraction of sp³-hybridized carbons (Fsp3) is 0.917. The summed E-state index contributed by atoms with van der Waals surface area (Å²) < 4.78 is 5.44. The van der Waals surface area contributed by atoms with Crippen LogP contribution in [0.3, 0.4) is 0 Å². The third kappa shape index (κ3) is 1.96. The Labute approximate surface area is 96.6 Å². The Morgan fingerprint density at radius 2 is 2.31 bits per heavy atom. The molecule has 0 aliphatic carbocycles. The highest BCUT2D eigenvalue weighted by Crippen LogP contribution is 2.42. The Morgan fingerprint density at radius 1 is 1.56 bits per heavy atom. The van der Waals surface area contributed by atoms with Crippen molar-refractivity contribution in [1.29, 1.82) is 0 Å². The first-order chi connectivity index (χ1) is 7.65. The van der Waals surface area contributed by atoms with Crippen molar-refractivity contribution < 1.29 is 14.6 Å². The fourth-order valence-corrected chi connectivity index (χ4v) is 3.36. The van der Waals surface area contributed by atoms with Gasteiger partial charge in [-0.25, -0.2) is 0 Å². The minimum atomic E-state index is -0.624. The van der Waals surface area contributed by atoms with Crippen molar-refractivity contribution in [2.75, 3.05) is 13.2 Å². The maximum atomic E-state index is 11.1. The second kappa shape index (κ2) is 4.72. The Hall–Kier alpha value is -0.610. The van der Waals surface area contributed by atoms with Crippen LogP contribution in [-0.2, 0) is 9.53 Å². The van der Waals surface area contributed by atoms with E-state index in [1.165, 1.54) is 0 Å². The second-order valence-corrected chi connectivity index (χ2v) is 4.93. The van der Waals surface area contributed by atoms with E-state index >= 15 is 0 Å². The predicted octanol–water partition coefficient (Wildman–Crippen LogP) is 1.35. The van der Waals surface area contributed by atoms with E-state index in [0.717, 1.165) is 32.5 Å². The summed E-state index contributed by atoms with van der Waals surface area (Å²) in [5.41, 5.74) is 0. The third-order valence-corrected chi connectivity index (χ3v) is 3.98. The van der Waals surface area contributed by atoms with Crippen LogP contribution in [-0.4, -0.2) is 47.3 Å². The van der Waals surface area contributed by atoms with Crippen molar-refractivity contribution >= 4 is 5.97 Å². The molecule has 0 aromatic carbocycles. The van der Waals surface area contributed by atoms with Gasteiger partial charge in [0.25, 0.3) is 0 Å². The molecule has 0 amide bonds. The van der Waals surface area contributed by atoms with Gasteiger partial charge in [0.1, 0.15) is 0 Å². The highest BCUT2D eigenvalue weighted by Gasteiger charge is 2.50. The van der Waals surface area contributed by atoms with Crippen LogP contribution < -0.4 is 0 Å². The van der Waals surface area contributed by atoms with Gasteiger partial charge in [-0.1, -0.05) is 0 Å². The van der Waals surface area contributed by atoms with Crippen molar-refractivity contribution in [3.05, 3.63) is 0 Å². The quantitative estimate of drug-likeness (QED) is 0.770. The molecule has 1 N–H and O–H groups in total. The molecule has 4 unspecified atom stereocenters. The normalized spacial score (nSPS) is 35.5. The molecule has 0 saturated carbocycles. The van der Waals surface area contributed by atoms with E-state index in [1.807, 2.05) is 6.92 Å². The van der Waals surface area contributed by atoms with Crippen molar-refractivity contribution in [2.45, 2.75) is 51.2 Å². The predicted molar refractivity (Wildman–Crippen MR) is 60.3 cm³/mol. The van der Waals surface area contributed by atoms with Gasteiger partial charge in [-0.2, -0.15) is 0 Å². The number of hydrogen-bond acceptors (Lipinski definition) is 3. The molecule has 2 heterocycles. The first-order valence-corrected chi connectivity index (χ1v) is 6.23. The molecule has 0 radical (unpaired) electrons. The minimum absolute atomic E-state index is 0.150. The molecule has 16 heavy (non-hydrogen) atoms. The third-order valence-electron chi connectivity index (χ3n) is 3.98. The van der Waals surface area contributed by atoms with E-state index in [9.17, 15) is 4.79 Å². The SMILES string of the molecule is CCOCC(C)N1C2CCC1C(C(=O)O)C2. The molecule has 0 aromatic rings. The van der Waals surface area contributed by atoms with Crippen LogP contribution in [0.5, 0.6) is 0 Å². The largest absolute Gasteiger partial charge is 0.481 e. The van der Waals surface area contributed by atoms with Crippen LogP contribution in [0.15, 0.2) is 0 Å². The summed E-state index contributed by atoms with van der Waals surface area (Å²) >= 11 is 0. The summed E-state index contributed by atoms with van der Waals surface area (Å²) in [6.07, 6.45) is 3.03. The zero-order valence-electron chi connectivity index (χ0n) is 10.1. The average molecular weight is 227 g/mol. The van der Waals surface area contributed by atoms with Crippen molar-refractivity contribution in [3.63, 3.8) is 0 Å². The van der Waals surface area contributed by atoms with Crippen LogP contribution in [0.2, 0.25) is 0 Å². The number of ether oxygens (including phenoxy) is 1. The number of rotatable bonds is 5. The molecule has 0 spiro atoms. The maximum Gasteiger partial charge on any atom is 0.308 e. The molecule has 92 valence electrons. The van der Waals surface area contributed by atoms with Gasteiger partial charge in [0.05, 0.1) is 12.5 Å². The first-order valence-electron chi connectivity index (χ1n) is 6.23. The molecular weight excluding hydrogens is 206 g/mol. The zero-order chi connectivity index (χ0) is 11.7. The maximum absolute atomic E-state index is 11.1. The van der Waals surface area contributed by atoms with Crippen LogP contribution in [0.25, 0.3) is 0 Å². The van der Waals surface area contributed by atoms with Crippen molar-refractivity contribution in [2.24, 2.45) is 5.92 Å². The summed E-state index contributed by atoms with van der Waals surface area (Å²) in [5.74, 6) is -0.774. The highest BCUT2D eigenvalue weighted by atomic mass is 16.5. The van der Waals surface area contributed by atoms with Gasteiger partial charge in [0.2, 0.25) is 0 Å². The molecule has 2 fully saturated rings. The molecule has 2 aliphatic heterocycles. The van der Waals surface area contributed by atoms with E-state index in [2.05, 4.69) is 11.8 Å². The van der Waals surface area contributed by atoms with Crippen LogP contribution in [0.1, 0.15) is 33.1 Å². The standard InChI is InChI=1S/C12H21NO3/c1-3-16-7-8(2)13-9-4-5-11(13)10(6-9)12(14)15/h8-11H,3-7H2,1-2H3,(H,14,15). The van der Waals surface area contributed by atoms with Crippen LogP contribution >= 0.6 is 0 Å². The van der Waals surface area contributed by atoms with E-state index in [1.54, 1.807) is 0 Å². The summed E-state index contributed by atoms with van der Waals surface area (Å²) in [6, 6.07) is 1.07. The molecule has 0 aromatic heterocycles. The van der Waals surface area contributed by atoms with Crippen LogP contribution in [0.4, 0.5) is 0 Å². The van der Waals surface area contributed by atoms with E-state index in [0.29, 0.717) is 12.1 Å². The monoisotopic (exact) mass is 227 g/mol. The van der Waals surface area contributed by atoms with Crippen molar-refractivity contribution in [1.82, 2.24) is 4.90 Å². The van der Waals surface area contributed by atoms with E-state index in [4.69, 9.17) is 9.84 Å². The number of fused-ring (bicyclic) bond motifs is 2. The number of hydrogen-bond donors (Lipinski definition) is 1. The average Bonchev–Trinajstić information content (AvgIpc) is 2.82. The fourth-order valence-electron chi connectivity index (χ4n) is 3.36. The summed E-state index contributed by atoms with van der Waals surface area (Å²) in [4.78, 5) is 13.5. The first kappa shape index (κ1) is 11.9. The van der Waals surface area contributed by atoms with Gasteiger partial charge in [-0.15, -0.1) is 0 Å². The Bertz CT molecular complexity index is 269. The van der Waals surface area contributed by atoms with Gasteiger partial charge in [-0.3, -0.25) is 9.69 Å². The minimum Gasteiger partial charge on any atom is -0.481 e. The number of carboxylic acid groups (broad SMARTS) is 1. The van der Waals surface area contributed by atoms with E-state index in [-0.39, 0.29) is 12.0 Å². The Balaban J connectivity index is 1.98. The molecule has 4 atom stereocenters. The lowest BCUT2D eigenvalue weighted by Gasteiger charge is -2.29. The molecule has 2 rings (SSSR count). The number of carboxylic acids is 1. The lowest BCUT2D eigenvalue weighted by molar-refractivity contribution is -0.142. The topological polar surface area (TPSA) is 49.8 Å². The van der Waals surface area contributed by atoms with Crippen molar-refractivity contribution in [3.8, 4) is 0 Å². The number of aliphatic carboxylic acids is 1. The number of carbonyl (C=O) groups is 1. The lowest BCUT2D eigenvalue weighted by atomic mass is 9.89. The molecule has 4 nitrogen and oxygen atoms in total. The molecular formula is C12H21NO3. The smallest absolute Gasteiger partial charge is 0.308 e. The number of nitrogens with zero attached hydrogens (tertiary/aromatic N) is 1. The van der Waals surface area contributed by atoms with Gasteiger partial charge in [-0.05, 0) is 33.1 Å². The lowest BCUT2D eigenvalue weighted by Crippen LogP contribution is -2.41.